The van der Waals surface area contributed by atoms with Gasteiger partial charge in [-0.25, -0.2) is 0 Å². The van der Waals surface area contributed by atoms with Crippen molar-refractivity contribution in [1.29, 1.82) is 0 Å². The van der Waals surface area contributed by atoms with Crippen LogP contribution in [0.25, 0.3) is 0 Å². The first-order chi connectivity index (χ1) is 5.20. The zero-order chi connectivity index (χ0) is 8.69. The third-order valence-electron chi connectivity index (χ3n) is 1.49. The van der Waals surface area contributed by atoms with Gasteiger partial charge in [-0.05, 0) is 31.6 Å². The first-order valence-corrected chi connectivity index (χ1v) is 3.99. The van der Waals surface area contributed by atoms with Crippen LogP contribution in [-0.2, 0) is 0 Å². The summed E-state index contributed by atoms with van der Waals surface area (Å²) in [6.45, 7) is 11.5. The number of hydrogen-bond acceptors (Lipinski definition) is 1. The molecule has 0 aromatic heterocycles. The zero-order valence-electron chi connectivity index (χ0n) is 7.51. The van der Waals surface area contributed by atoms with Crippen molar-refractivity contribution in [3.8, 4) is 0 Å². The molecule has 1 heteroatoms. The van der Waals surface area contributed by atoms with Crippen molar-refractivity contribution in [2.24, 2.45) is 10.9 Å². The zero-order valence-corrected chi connectivity index (χ0v) is 7.51. The van der Waals surface area contributed by atoms with Gasteiger partial charge in [0.25, 0.3) is 0 Å². The van der Waals surface area contributed by atoms with Crippen molar-refractivity contribution in [3.63, 3.8) is 0 Å². The molecule has 0 radical (unpaired) electrons. The lowest BCUT2D eigenvalue weighted by molar-refractivity contribution is 0.583. The molecule has 0 heterocycles. The molecular formula is C10H17N. The minimum atomic E-state index is 0.727. The van der Waals surface area contributed by atoms with Crippen LogP contribution in [0.15, 0.2) is 29.4 Å². The quantitative estimate of drug-likeness (QED) is 0.422. The largest absolute Gasteiger partial charge is 0.269 e. The summed E-state index contributed by atoms with van der Waals surface area (Å²) in [5.41, 5.74) is 1.04. The van der Waals surface area contributed by atoms with Crippen LogP contribution in [-0.4, -0.2) is 6.72 Å². The Morgan fingerprint density at radius 2 is 2.18 bits per heavy atom. The van der Waals surface area contributed by atoms with Crippen LogP contribution in [0.4, 0.5) is 0 Å². The lowest BCUT2D eigenvalue weighted by Crippen LogP contribution is -1.87. The second kappa shape index (κ2) is 5.90. The number of allylic oxidation sites excluding steroid dienone is 3. The van der Waals surface area contributed by atoms with Crippen molar-refractivity contribution in [2.75, 3.05) is 0 Å². The Labute approximate surface area is 69.5 Å². The molecule has 62 valence electrons. The number of nitrogens with zero attached hydrogens (tertiary/aromatic N) is 1. The highest BCUT2D eigenvalue weighted by Crippen LogP contribution is 2.11. The van der Waals surface area contributed by atoms with E-state index in [0.717, 1.165) is 18.0 Å². The predicted octanol–water partition coefficient (Wildman–Crippen LogP) is 3.19. The maximum Gasteiger partial charge on any atom is 0.0396 e. The first-order valence-electron chi connectivity index (χ1n) is 3.99. The molecule has 0 amide bonds. The lowest BCUT2D eigenvalue weighted by atomic mass is 10.1. The molecule has 0 bridgehead atoms. The Balaban J connectivity index is 3.79. The molecule has 0 aliphatic carbocycles. The van der Waals surface area contributed by atoms with E-state index in [0.29, 0.717) is 0 Å². The van der Waals surface area contributed by atoms with Crippen LogP contribution < -0.4 is 0 Å². The minimum Gasteiger partial charge on any atom is -0.269 e. The summed E-state index contributed by atoms with van der Waals surface area (Å²) in [5, 5.41) is 0. The smallest absolute Gasteiger partial charge is 0.0396 e. The normalized spacial score (nSPS) is 11.7. The van der Waals surface area contributed by atoms with Crippen LogP contribution in [0.5, 0.6) is 0 Å². The molecule has 0 N–H and O–H groups in total. The average molecular weight is 151 g/mol. The highest BCUT2D eigenvalue weighted by molar-refractivity contribution is 5.29. The molecule has 1 nitrogen and oxygen atoms in total. The molecule has 11 heavy (non-hydrogen) atoms. The van der Waals surface area contributed by atoms with E-state index in [1.54, 1.807) is 6.08 Å². The van der Waals surface area contributed by atoms with Crippen molar-refractivity contribution < 1.29 is 0 Å². The molecule has 0 rings (SSSR count). The summed E-state index contributed by atoms with van der Waals surface area (Å²) >= 11 is 0. The Kier molecular flexibility index (Phi) is 5.44. The molecule has 0 aliphatic heterocycles. The standard InChI is InChI=1S/C10H17N/c1-5-6-10(11-4)8-7-9(2)3/h5-6,9H,1,4,7-8H2,2-3H3/b10-6+. The van der Waals surface area contributed by atoms with Gasteiger partial charge in [0, 0.05) is 5.70 Å². The van der Waals surface area contributed by atoms with Gasteiger partial charge < -0.3 is 0 Å². The highest BCUT2D eigenvalue weighted by atomic mass is 14.7. The number of rotatable bonds is 5. The molecule has 0 aliphatic rings. The lowest BCUT2D eigenvalue weighted by Gasteiger charge is -2.03. The summed E-state index contributed by atoms with van der Waals surface area (Å²) in [5.74, 6) is 0.727. The first kappa shape index (κ1) is 10.2. The summed E-state index contributed by atoms with van der Waals surface area (Å²) in [6.07, 6.45) is 5.84. The molecule has 0 atom stereocenters. The molecule has 0 unspecified atom stereocenters. The second-order valence-electron chi connectivity index (χ2n) is 2.98. The van der Waals surface area contributed by atoms with E-state index < -0.39 is 0 Å². The van der Waals surface area contributed by atoms with Crippen LogP contribution in [0, 0.1) is 5.92 Å². The molecular weight excluding hydrogens is 134 g/mol. The fourth-order valence-corrected chi connectivity index (χ4v) is 0.788. The molecule has 0 aromatic carbocycles. The van der Waals surface area contributed by atoms with Gasteiger partial charge in [-0.2, -0.15) is 0 Å². The topological polar surface area (TPSA) is 12.4 Å². The predicted molar refractivity (Wildman–Crippen MR) is 51.9 cm³/mol. The maximum absolute atomic E-state index is 3.89. The molecule has 0 aromatic rings. The van der Waals surface area contributed by atoms with Crippen molar-refractivity contribution in [3.05, 3.63) is 24.4 Å². The van der Waals surface area contributed by atoms with Crippen molar-refractivity contribution >= 4 is 6.72 Å². The molecule has 0 saturated carbocycles. The number of hydrogen-bond donors (Lipinski definition) is 0. The van der Waals surface area contributed by atoms with Gasteiger partial charge in [-0.1, -0.05) is 26.5 Å². The van der Waals surface area contributed by atoms with Gasteiger partial charge in [0.05, 0.1) is 0 Å². The van der Waals surface area contributed by atoms with Gasteiger partial charge in [0.15, 0.2) is 0 Å². The Bertz CT molecular complexity index is 154. The Morgan fingerprint density at radius 1 is 1.55 bits per heavy atom. The molecule has 0 spiro atoms. The summed E-state index contributed by atoms with van der Waals surface area (Å²) in [7, 11) is 0. The van der Waals surface area contributed by atoms with E-state index in [9.17, 15) is 0 Å². The number of aliphatic imine (C=N–C) groups is 1. The van der Waals surface area contributed by atoms with Crippen LogP contribution in [0.2, 0.25) is 0 Å². The third-order valence-corrected chi connectivity index (χ3v) is 1.49. The second-order valence-corrected chi connectivity index (χ2v) is 2.98. The van der Waals surface area contributed by atoms with Gasteiger partial charge >= 0.3 is 0 Å². The third kappa shape index (κ3) is 5.59. The van der Waals surface area contributed by atoms with Gasteiger partial charge in [0.1, 0.15) is 0 Å². The maximum atomic E-state index is 3.89. The van der Waals surface area contributed by atoms with Crippen LogP contribution in [0.1, 0.15) is 26.7 Å². The SMILES string of the molecule is C=C/C=C(\CCC(C)C)N=C. The molecule has 0 saturated heterocycles. The van der Waals surface area contributed by atoms with Crippen LogP contribution >= 0.6 is 0 Å². The van der Waals surface area contributed by atoms with Crippen molar-refractivity contribution in [1.82, 2.24) is 0 Å². The molecule has 0 fully saturated rings. The van der Waals surface area contributed by atoms with E-state index in [4.69, 9.17) is 0 Å². The van der Waals surface area contributed by atoms with Gasteiger partial charge in [-0.3, -0.25) is 4.99 Å². The summed E-state index contributed by atoms with van der Waals surface area (Å²) in [6, 6.07) is 0. The Morgan fingerprint density at radius 3 is 2.55 bits per heavy atom. The fraction of sp³-hybridized carbons (Fsp3) is 0.500. The fourth-order valence-electron chi connectivity index (χ4n) is 0.788. The average Bonchev–Trinajstić information content (AvgIpc) is 1.97. The summed E-state index contributed by atoms with van der Waals surface area (Å²) in [4.78, 5) is 3.89. The van der Waals surface area contributed by atoms with E-state index in [1.807, 2.05) is 6.08 Å². The van der Waals surface area contributed by atoms with Crippen molar-refractivity contribution in [2.45, 2.75) is 26.7 Å². The van der Waals surface area contributed by atoms with E-state index in [-0.39, 0.29) is 0 Å². The Hall–Kier alpha value is -0.850. The van der Waals surface area contributed by atoms with E-state index >= 15 is 0 Å². The minimum absolute atomic E-state index is 0.727. The highest BCUT2D eigenvalue weighted by Gasteiger charge is 1.95. The van der Waals surface area contributed by atoms with Crippen LogP contribution in [0.3, 0.4) is 0 Å². The van der Waals surface area contributed by atoms with E-state index in [1.165, 1.54) is 6.42 Å². The van der Waals surface area contributed by atoms with E-state index in [2.05, 4.69) is 32.1 Å². The summed E-state index contributed by atoms with van der Waals surface area (Å²) < 4.78 is 0. The van der Waals surface area contributed by atoms with Gasteiger partial charge in [-0.15, -0.1) is 0 Å². The van der Waals surface area contributed by atoms with Gasteiger partial charge in [0.2, 0.25) is 0 Å². The monoisotopic (exact) mass is 151 g/mol.